The van der Waals surface area contributed by atoms with Gasteiger partial charge in [-0.3, -0.25) is 4.99 Å². The number of benzene rings is 1. The van der Waals surface area contributed by atoms with E-state index < -0.39 is 0 Å². The van der Waals surface area contributed by atoms with Crippen molar-refractivity contribution in [1.82, 2.24) is 5.32 Å². The summed E-state index contributed by atoms with van der Waals surface area (Å²) < 4.78 is 10.8. The highest BCUT2D eigenvalue weighted by atomic mass is 127. The summed E-state index contributed by atoms with van der Waals surface area (Å²) in [5.41, 5.74) is 0.928. The van der Waals surface area contributed by atoms with E-state index in [9.17, 15) is 0 Å². The molecule has 2 N–H and O–H groups in total. The van der Waals surface area contributed by atoms with Crippen LogP contribution in [0.25, 0.3) is 0 Å². The highest BCUT2D eigenvalue weighted by Gasteiger charge is 2.18. The average molecular weight is 405 g/mol. The van der Waals surface area contributed by atoms with E-state index in [0.29, 0.717) is 12.6 Å². The maximum Gasteiger partial charge on any atom is 0.195 e. The van der Waals surface area contributed by atoms with Crippen LogP contribution in [-0.4, -0.2) is 32.8 Å². The van der Waals surface area contributed by atoms with Crippen LogP contribution in [0.3, 0.4) is 0 Å². The number of aliphatic imine (C=N–C) groups is 1. The Morgan fingerprint density at radius 3 is 2.62 bits per heavy atom. The third-order valence-electron chi connectivity index (χ3n) is 3.40. The van der Waals surface area contributed by atoms with E-state index in [1.807, 2.05) is 25.1 Å². The van der Waals surface area contributed by atoms with Crippen molar-refractivity contribution in [3.8, 4) is 11.5 Å². The van der Waals surface area contributed by atoms with Crippen molar-refractivity contribution in [1.29, 1.82) is 0 Å². The molecule has 0 bridgehead atoms. The molecule has 1 saturated carbocycles. The number of rotatable bonds is 5. The number of anilines is 1. The fraction of sp³-hybridized carbons (Fsp3) is 0.533. The fourth-order valence-corrected chi connectivity index (χ4v) is 2.06. The Labute approximate surface area is 143 Å². The number of hydrogen-bond donors (Lipinski definition) is 2. The van der Waals surface area contributed by atoms with E-state index in [-0.39, 0.29) is 24.0 Å². The lowest BCUT2D eigenvalue weighted by Crippen LogP contribution is -2.42. The molecule has 0 atom stereocenters. The fourth-order valence-electron chi connectivity index (χ4n) is 2.06. The van der Waals surface area contributed by atoms with Crippen molar-refractivity contribution in [2.24, 2.45) is 4.99 Å². The summed E-state index contributed by atoms with van der Waals surface area (Å²) >= 11 is 0. The maximum absolute atomic E-state index is 5.51. The van der Waals surface area contributed by atoms with Gasteiger partial charge in [-0.05, 0) is 38.3 Å². The van der Waals surface area contributed by atoms with E-state index in [0.717, 1.165) is 23.1 Å². The minimum Gasteiger partial charge on any atom is -0.493 e. The molecule has 0 saturated heterocycles. The molecule has 1 fully saturated rings. The van der Waals surface area contributed by atoms with Gasteiger partial charge in [0.2, 0.25) is 0 Å². The number of nitrogens with one attached hydrogen (secondary N) is 2. The molecule has 118 valence electrons. The van der Waals surface area contributed by atoms with Crippen LogP contribution < -0.4 is 20.1 Å². The van der Waals surface area contributed by atoms with Crippen molar-refractivity contribution in [3.05, 3.63) is 18.2 Å². The lowest BCUT2D eigenvalue weighted by Gasteiger charge is -2.28. The summed E-state index contributed by atoms with van der Waals surface area (Å²) in [6.07, 6.45) is 3.73. The van der Waals surface area contributed by atoms with Gasteiger partial charge in [-0.2, -0.15) is 0 Å². The van der Waals surface area contributed by atoms with Crippen molar-refractivity contribution >= 4 is 35.6 Å². The summed E-state index contributed by atoms with van der Waals surface area (Å²) in [4.78, 5) is 4.24. The number of ether oxygens (including phenoxy) is 2. The molecule has 2 rings (SSSR count). The molecule has 1 aliphatic carbocycles. The molecule has 0 heterocycles. The molecule has 5 nitrogen and oxygen atoms in total. The molecule has 0 aliphatic heterocycles. The van der Waals surface area contributed by atoms with Gasteiger partial charge in [-0.15, -0.1) is 24.0 Å². The summed E-state index contributed by atoms with van der Waals surface area (Å²) in [6, 6.07) is 6.33. The lowest BCUT2D eigenvalue weighted by molar-refractivity contribution is 0.311. The molecule has 1 aromatic carbocycles. The number of methoxy groups -OCH3 is 1. The first-order valence-electron chi connectivity index (χ1n) is 7.08. The Bertz CT molecular complexity index is 476. The van der Waals surface area contributed by atoms with Gasteiger partial charge in [0.15, 0.2) is 17.5 Å². The minimum absolute atomic E-state index is 0. The van der Waals surface area contributed by atoms with Gasteiger partial charge in [0.05, 0.1) is 13.7 Å². The molecule has 0 amide bonds. The van der Waals surface area contributed by atoms with E-state index in [4.69, 9.17) is 9.47 Å². The molecule has 1 aromatic rings. The normalized spacial score (nSPS) is 14.7. The topological polar surface area (TPSA) is 54.9 Å². The summed E-state index contributed by atoms with van der Waals surface area (Å²) in [7, 11) is 3.42. The van der Waals surface area contributed by atoms with Gasteiger partial charge in [-0.25, -0.2) is 0 Å². The standard InChI is InChI=1S/C15H23N3O2.HI/c1-4-20-13-9-8-12(10-14(13)19-3)18-15(16-2)17-11-6-5-7-11;/h8-11H,4-7H2,1-3H3,(H2,16,17,18);1H. The molecule has 6 heteroatoms. The van der Waals surface area contributed by atoms with Crippen LogP contribution in [-0.2, 0) is 0 Å². The van der Waals surface area contributed by atoms with Crippen molar-refractivity contribution in [2.75, 3.05) is 26.1 Å². The van der Waals surface area contributed by atoms with Crippen LogP contribution >= 0.6 is 24.0 Å². The van der Waals surface area contributed by atoms with Crippen molar-refractivity contribution in [3.63, 3.8) is 0 Å². The van der Waals surface area contributed by atoms with Crippen LogP contribution in [0.5, 0.6) is 11.5 Å². The number of halogens is 1. The molecule has 0 spiro atoms. The minimum atomic E-state index is 0. The third-order valence-corrected chi connectivity index (χ3v) is 3.40. The first-order valence-corrected chi connectivity index (χ1v) is 7.08. The van der Waals surface area contributed by atoms with Crippen molar-refractivity contribution < 1.29 is 9.47 Å². The van der Waals surface area contributed by atoms with E-state index >= 15 is 0 Å². The third kappa shape index (κ3) is 4.94. The predicted octanol–water partition coefficient (Wildman–Crippen LogP) is 3.25. The highest BCUT2D eigenvalue weighted by molar-refractivity contribution is 14.0. The average Bonchev–Trinajstić information content (AvgIpc) is 2.43. The van der Waals surface area contributed by atoms with Crippen LogP contribution in [0, 0.1) is 0 Å². The molecular formula is C15H24IN3O2. The monoisotopic (exact) mass is 405 g/mol. The number of hydrogen-bond acceptors (Lipinski definition) is 3. The van der Waals surface area contributed by atoms with Gasteiger partial charge in [0.1, 0.15) is 0 Å². The van der Waals surface area contributed by atoms with E-state index in [1.54, 1.807) is 14.2 Å². The van der Waals surface area contributed by atoms with Crippen molar-refractivity contribution in [2.45, 2.75) is 32.2 Å². The Morgan fingerprint density at radius 2 is 2.10 bits per heavy atom. The Kier molecular flexibility index (Phi) is 7.63. The quantitative estimate of drug-likeness (QED) is 0.449. The smallest absolute Gasteiger partial charge is 0.195 e. The summed E-state index contributed by atoms with van der Waals surface area (Å²) in [5.74, 6) is 2.26. The van der Waals surface area contributed by atoms with E-state index in [2.05, 4.69) is 15.6 Å². The SMILES string of the molecule is CCOc1ccc(NC(=NC)NC2CCC2)cc1OC.I. The Morgan fingerprint density at radius 1 is 1.33 bits per heavy atom. The Balaban J connectivity index is 0.00000220. The molecular weight excluding hydrogens is 381 g/mol. The summed E-state index contributed by atoms with van der Waals surface area (Å²) in [5, 5.41) is 6.67. The second kappa shape index (κ2) is 8.96. The lowest BCUT2D eigenvalue weighted by atomic mass is 9.93. The zero-order chi connectivity index (χ0) is 14.4. The highest BCUT2D eigenvalue weighted by Crippen LogP contribution is 2.30. The first kappa shape index (κ1) is 17.9. The molecule has 0 aromatic heterocycles. The van der Waals surface area contributed by atoms with Crippen LogP contribution in [0.15, 0.2) is 23.2 Å². The molecule has 21 heavy (non-hydrogen) atoms. The molecule has 0 radical (unpaired) electrons. The zero-order valence-electron chi connectivity index (χ0n) is 12.8. The first-order chi connectivity index (χ1) is 9.76. The van der Waals surface area contributed by atoms with Crippen LogP contribution in [0.4, 0.5) is 5.69 Å². The van der Waals surface area contributed by atoms with Gasteiger partial charge in [0, 0.05) is 24.8 Å². The van der Waals surface area contributed by atoms with Gasteiger partial charge < -0.3 is 20.1 Å². The van der Waals surface area contributed by atoms with E-state index in [1.165, 1.54) is 19.3 Å². The molecule has 0 unspecified atom stereocenters. The number of nitrogens with zero attached hydrogens (tertiary/aromatic N) is 1. The summed E-state index contributed by atoms with van der Waals surface area (Å²) in [6.45, 7) is 2.57. The van der Waals surface area contributed by atoms with Crippen LogP contribution in [0.2, 0.25) is 0 Å². The largest absolute Gasteiger partial charge is 0.493 e. The second-order valence-corrected chi connectivity index (χ2v) is 4.77. The van der Waals surface area contributed by atoms with Gasteiger partial charge >= 0.3 is 0 Å². The number of guanidine groups is 1. The van der Waals surface area contributed by atoms with Crippen LogP contribution in [0.1, 0.15) is 26.2 Å². The molecule has 1 aliphatic rings. The zero-order valence-corrected chi connectivity index (χ0v) is 15.1. The second-order valence-electron chi connectivity index (χ2n) is 4.77. The Hall–Kier alpha value is -1.18. The maximum atomic E-state index is 5.51. The van der Waals surface area contributed by atoms with Gasteiger partial charge in [-0.1, -0.05) is 0 Å². The van der Waals surface area contributed by atoms with Gasteiger partial charge in [0.25, 0.3) is 0 Å². The predicted molar refractivity (Wildman–Crippen MR) is 97.3 cm³/mol.